The first kappa shape index (κ1) is 14.0. The van der Waals surface area contributed by atoms with Gasteiger partial charge < -0.3 is 4.98 Å². The molecule has 0 saturated carbocycles. The molecule has 0 amide bonds. The van der Waals surface area contributed by atoms with E-state index in [0.29, 0.717) is 3.57 Å². The second-order valence-electron chi connectivity index (χ2n) is 4.46. The molecule has 0 aliphatic carbocycles. The highest BCUT2D eigenvalue weighted by Gasteiger charge is 2.17. The van der Waals surface area contributed by atoms with Crippen molar-refractivity contribution in [3.63, 3.8) is 0 Å². The van der Waals surface area contributed by atoms with Crippen LogP contribution in [0.1, 0.15) is 0 Å². The Hall–Kier alpha value is -1.97. The summed E-state index contributed by atoms with van der Waals surface area (Å²) in [4.78, 5) is 26.1. The molecule has 108 valence electrons. The first-order valence-corrected chi connectivity index (χ1v) is 6.93. The number of hydrogen-bond acceptors (Lipinski definition) is 2. The van der Waals surface area contributed by atoms with Crippen LogP contribution < -0.4 is 11.2 Å². The molecule has 21 heavy (non-hydrogen) atoms. The molecule has 5 nitrogen and oxygen atoms in total. The third kappa shape index (κ3) is 2.09. The van der Waals surface area contributed by atoms with Crippen molar-refractivity contribution in [1.29, 1.82) is 0 Å². The summed E-state index contributed by atoms with van der Waals surface area (Å²) in [5.74, 6) is -1.59. The average Bonchev–Trinajstić information content (AvgIpc) is 2.73. The fraction of sp³-hybridized carbons (Fsp3) is 0.0769. The van der Waals surface area contributed by atoms with Crippen molar-refractivity contribution in [3.8, 4) is 5.69 Å². The lowest BCUT2D eigenvalue weighted by atomic mass is 10.3. The van der Waals surface area contributed by atoms with E-state index in [1.54, 1.807) is 6.07 Å². The second kappa shape index (κ2) is 4.79. The normalized spacial score (nSPS) is 11.2. The summed E-state index contributed by atoms with van der Waals surface area (Å²) in [5, 5.41) is 0. The van der Waals surface area contributed by atoms with Gasteiger partial charge in [0.2, 0.25) is 0 Å². The molecule has 0 radical (unpaired) electrons. The molecule has 0 spiro atoms. The number of aromatic nitrogens is 3. The molecule has 2 heterocycles. The van der Waals surface area contributed by atoms with Crippen LogP contribution in [0.25, 0.3) is 16.9 Å². The van der Waals surface area contributed by atoms with Crippen LogP contribution in [0.2, 0.25) is 0 Å². The molecule has 1 aromatic carbocycles. The van der Waals surface area contributed by atoms with E-state index >= 15 is 0 Å². The topological polar surface area (TPSA) is 59.8 Å². The maximum absolute atomic E-state index is 14.1. The number of hydrogen-bond donors (Lipinski definition) is 1. The molecule has 0 unspecified atom stereocenters. The Morgan fingerprint density at radius 3 is 2.52 bits per heavy atom. The molecule has 3 aromatic rings. The summed E-state index contributed by atoms with van der Waals surface area (Å²) in [7, 11) is 1.32. The summed E-state index contributed by atoms with van der Waals surface area (Å²) in [6.07, 6.45) is 0. The van der Waals surface area contributed by atoms with Gasteiger partial charge in [-0.25, -0.2) is 18.1 Å². The fourth-order valence-electron chi connectivity index (χ4n) is 2.21. The minimum atomic E-state index is -0.985. The Labute approximate surface area is 130 Å². The largest absolute Gasteiger partial charge is 0.332 e. The number of imidazole rings is 1. The molecule has 2 aromatic heterocycles. The van der Waals surface area contributed by atoms with E-state index in [2.05, 4.69) is 4.98 Å². The molecular weight excluding hydrogens is 395 g/mol. The Morgan fingerprint density at radius 2 is 1.86 bits per heavy atom. The fourth-order valence-corrected chi connectivity index (χ4v) is 2.66. The number of nitrogens with zero attached hydrogens (tertiary/aromatic N) is 2. The van der Waals surface area contributed by atoms with Crippen LogP contribution in [-0.2, 0) is 7.05 Å². The van der Waals surface area contributed by atoms with E-state index in [-0.39, 0.29) is 16.9 Å². The van der Waals surface area contributed by atoms with Crippen molar-refractivity contribution in [2.24, 2.45) is 7.05 Å². The van der Waals surface area contributed by atoms with Gasteiger partial charge >= 0.3 is 5.69 Å². The molecular formula is C13H8F2IN3O2. The molecule has 0 bridgehead atoms. The lowest BCUT2D eigenvalue weighted by Crippen LogP contribution is -2.23. The van der Waals surface area contributed by atoms with Gasteiger partial charge in [0.25, 0.3) is 5.56 Å². The van der Waals surface area contributed by atoms with Crippen LogP contribution in [0.3, 0.4) is 0 Å². The number of nitrogens with one attached hydrogen (secondary N) is 1. The van der Waals surface area contributed by atoms with Crippen LogP contribution in [0.5, 0.6) is 0 Å². The Morgan fingerprint density at radius 1 is 1.14 bits per heavy atom. The number of H-pyrrole nitrogens is 1. The van der Waals surface area contributed by atoms with E-state index < -0.39 is 22.9 Å². The molecule has 8 heteroatoms. The minimum absolute atomic E-state index is 0.00623. The van der Waals surface area contributed by atoms with Gasteiger partial charge in [0.15, 0.2) is 5.82 Å². The highest BCUT2D eigenvalue weighted by Crippen LogP contribution is 2.19. The first-order valence-electron chi connectivity index (χ1n) is 5.86. The first-order chi connectivity index (χ1) is 9.90. The van der Waals surface area contributed by atoms with Crippen LogP contribution in [-0.4, -0.2) is 14.1 Å². The van der Waals surface area contributed by atoms with Gasteiger partial charge in [-0.15, -0.1) is 0 Å². The molecule has 0 aliphatic rings. The quantitative estimate of drug-likeness (QED) is 0.632. The summed E-state index contributed by atoms with van der Waals surface area (Å²) in [5.41, 5.74) is -1.32. The summed E-state index contributed by atoms with van der Waals surface area (Å²) in [6, 6.07) is 5.26. The van der Waals surface area contributed by atoms with Gasteiger partial charge in [0, 0.05) is 16.7 Å². The maximum atomic E-state index is 14.1. The van der Waals surface area contributed by atoms with Gasteiger partial charge in [-0.2, -0.15) is 0 Å². The predicted molar refractivity (Wildman–Crippen MR) is 81.8 cm³/mol. The lowest BCUT2D eigenvalue weighted by Gasteiger charge is -2.08. The van der Waals surface area contributed by atoms with Gasteiger partial charge in [-0.05, 0) is 40.8 Å². The van der Waals surface area contributed by atoms with E-state index in [9.17, 15) is 18.4 Å². The average molecular weight is 403 g/mol. The van der Waals surface area contributed by atoms with Crippen LogP contribution in [0.15, 0.2) is 33.9 Å². The zero-order valence-electron chi connectivity index (χ0n) is 10.7. The lowest BCUT2D eigenvalue weighted by molar-refractivity contribution is 0.594. The van der Waals surface area contributed by atoms with E-state index in [4.69, 9.17) is 0 Å². The smallest absolute Gasteiger partial charge is 0.304 e. The molecule has 1 N–H and O–H groups in total. The van der Waals surface area contributed by atoms with Gasteiger partial charge in [-0.3, -0.25) is 9.36 Å². The predicted octanol–water partition coefficient (Wildman–Crippen LogP) is 1.90. The molecule has 0 atom stereocenters. The second-order valence-corrected chi connectivity index (χ2v) is 5.70. The third-order valence-corrected chi connectivity index (χ3v) is 3.82. The number of fused-ring (bicyclic) bond motifs is 1. The highest BCUT2D eigenvalue weighted by atomic mass is 127. The number of rotatable bonds is 1. The number of halogens is 3. The van der Waals surface area contributed by atoms with Crippen molar-refractivity contribution in [1.82, 2.24) is 14.1 Å². The molecule has 0 aliphatic heterocycles. The van der Waals surface area contributed by atoms with Gasteiger partial charge in [-0.1, -0.05) is 0 Å². The zero-order chi connectivity index (χ0) is 15.3. The highest BCUT2D eigenvalue weighted by molar-refractivity contribution is 14.1. The van der Waals surface area contributed by atoms with Crippen LogP contribution in [0, 0.1) is 15.2 Å². The summed E-state index contributed by atoms with van der Waals surface area (Å²) < 4.78 is 30.2. The van der Waals surface area contributed by atoms with Gasteiger partial charge in [0.1, 0.15) is 11.5 Å². The third-order valence-electron chi connectivity index (χ3n) is 3.15. The SMILES string of the molecule is Cn1c(=O)c(F)cc2[nH]c(=O)n(-c3ccc(I)cc3F)c21. The molecule has 3 rings (SSSR count). The van der Waals surface area contributed by atoms with Crippen LogP contribution >= 0.6 is 22.6 Å². The van der Waals surface area contributed by atoms with Crippen molar-refractivity contribution in [3.05, 3.63) is 60.3 Å². The zero-order valence-corrected chi connectivity index (χ0v) is 12.8. The Balaban J connectivity index is 2.48. The van der Waals surface area contributed by atoms with E-state index in [1.165, 1.54) is 19.2 Å². The Bertz CT molecular complexity index is 987. The van der Waals surface area contributed by atoms with E-state index in [1.807, 2.05) is 22.6 Å². The summed E-state index contributed by atoms with van der Waals surface area (Å²) in [6.45, 7) is 0. The van der Waals surface area contributed by atoms with Crippen LogP contribution in [0.4, 0.5) is 8.78 Å². The van der Waals surface area contributed by atoms with Crippen molar-refractivity contribution < 1.29 is 8.78 Å². The minimum Gasteiger partial charge on any atom is -0.304 e. The van der Waals surface area contributed by atoms with Gasteiger partial charge in [0.05, 0.1) is 11.2 Å². The standard InChI is InChI=1S/C13H8F2IN3O2/c1-18-11-9(5-8(15)12(18)20)17-13(21)19(11)10-3-2-6(16)4-7(10)14/h2-5H,1H3,(H,17,21). The van der Waals surface area contributed by atoms with Crippen molar-refractivity contribution >= 4 is 33.8 Å². The number of aryl methyl sites for hydroxylation is 1. The maximum Gasteiger partial charge on any atom is 0.332 e. The van der Waals surface area contributed by atoms with E-state index in [0.717, 1.165) is 15.2 Å². The molecule has 0 saturated heterocycles. The summed E-state index contributed by atoms with van der Waals surface area (Å²) >= 11 is 1.94. The van der Waals surface area contributed by atoms with Crippen molar-refractivity contribution in [2.75, 3.05) is 0 Å². The monoisotopic (exact) mass is 403 g/mol. The van der Waals surface area contributed by atoms with Crippen molar-refractivity contribution in [2.45, 2.75) is 0 Å². The number of aromatic amines is 1. The number of pyridine rings is 1. The Kier molecular flexibility index (Phi) is 3.19. The number of benzene rings is 1. The molecule has 0 fully saturated rings.